The molecule has 1 aliphatic rings. The second-order valence-corrected chi connectivity index (χ2v) is 8.77. The Kier molecular flexibility index (Phi) is 6.08. The largest absolute Gasteiger partial charge is 0.378 e. The van der Waals surface area contributed by atoms with Crippen molar-refractivity contribution in [3.05, 3.63) is 53.6 Å². The lowest BCUT2D eigenvalue weighted by atomic mass is 10.2. The molecule has 0 aliphatic carbocycles. The topological polar surface area (TPSA) is 75.7 Å². The average Bonchev–Trinajstić information content (AvgIpc) is 2.69. The van der Waals surface area contributed by atoms with E-state index >= 15 is 0 Å². The number of hydrogen-bond donors (Lipinski definition) is 1. The van der Waals surface area contributed by atoms with Gasteiger partial charge >= 0.3 is 0 Å². The Morgan fingerprint density at radius 1 is 1.11 bits per heavy atom. The number of ether oxygens (including phenoxy) is 1. The maximum atomic E-state index is 12.9. The first-order valence-corrected chi connectivity index (χ1v) is 11.3. The summed E-state index contributed by atoms with van der Waals surface area (Å²) in [6.45, 7) is 3.93. The molecule has 0 bridgehead atoms. The van der Waals surface area contributed by atoms with Crippen LogP contribution in [0.4, 0.5) is 5.69 Å². The van der Waals surface area contributed by atoms with Crippen LogP contribution in [0.2, 0.25) is 0 Å². The lowest BCUT2D eigenvalue weighted by Crippen LogP contribution is -2.40. The minimum atomic E-state index is -3.79. The van der Waals surface area contributed by atoms with Crippen molar-refractivity contribution in [2.24, 2.45) is 0 Å². The van der Waals surface area contributed by atoms with Crippen LogP contribution in [0, 0.1) is 6.92 Å². The van der Waals surface area contributed by atoms with Gasteiger partial charge in [0.25, 0.3) is 15.9 Å². The maximum Gasteiger partial charge on any atom is 0.261 e. The number of nitrogens with zero attached hydrogens (tertiary/aromatic N) is 1. The van der Waals surface area contributed by atoms with Crippen LogP contribution in [0.5, 0.6) is 0 Å². The number of anilines is 1. The van der Waals surface area contributed by atoms with Gasteiger partial charge in [0, 0.05) is 23.7 Å². The molecular formula is C19H22N2O4S2. The molecule has 0 spiro atoms. The molecule has 3 rings (SSSR count). The van der Waals surface area contributed by atoms with E-state index in [0.717, 1.165) is 10.5 Å². The van der Waals surface area contributed by atoms with Gasteiger partial charge in [-0.25, -0.2) is 8.42 Å². The standard InChI is InChI=1S/C19H22N2O4S2/c1-14-3-5-15(6-4-14)20-27(23,24)16-7-8-18(26-2)17(13-16)19(22)21-9-11-25-12-10-21/h3-8,13,20H,9-12H2,1-2H3. The van der Waals surface area contributed by atoms with E-state index in [2.05, 4.69) is 4.72 Å². The Balaban J connectivity index is 1.91. The monoisotopic (exact) mass is 406 g/mol. The average molecular weight is 407 g/mol. The van der Waals surface area contributed by atoms with Crippen LogP contribution in [0.25, 0.3) is 0 Å². The van der Waals surface area contributed by atoms with E-state index in [4.69, 9.17) is 4.74 Å². The van der Waals surface area contributed by atoms with E-state index < -0.39 is 10.0 Å². The zero-order valence-corrected chi connectivity index (χ0v) is 16.9. The van der Waals surface area contributed by atoms with Crippen LogP contribution in [-0.4, -0.2) is 51.8 Å². The van der Waals surface area contributed by atoms with Crippen molar-refractivity contribution in [2.75, 3.05) is 37.3 Å². The smallest absolute Gasteiger partial charge is 0.261 e. The molecule has 1 N–H and O–H groups in total. The van der Waals surface area contributed by atoms with Gasteiger partial charge in [-0.05, 0) is 43.5 Å². The summed E-state index contributed by atoms with van der Waals surface area (Å²) in [4.78, 5) is 15.4. The minimum absolute atomic E-state index is 0.0671. The first kappa shape index (κ1) is 19.7. The van der Waals surface area contributed by atoms with Gasteiger partial charge in [-0.15, -0.1) is 11.8 Å². The van der Waals surface area contributed by atoms with Crippen molar-refractivity contribution in [1.29, 1.82) is 0 Å². The summed E-state index contributed by atoms with van der Waals surface area (Å²) in [7, 11) is -3.79. The first-order chi connectivity index (χ1) is 12.9. The number of benzene rings is 2. The summed E-state index contributed by atoms with van der Waals surface area (Å²) in [6, 6.07) is 11.8. The Labute approximate surface area is 164 Å². The molecule has 1 amide bonds. The van der Waals surface area contributed by atoms with E-state index in [1.54, 1.807) is 23.1 Å². The van der Waals surface area contributed by atoms with Gasteiger partial charge < -0.3 is 9.64 Å². The summed E-state index contributed by atoms with van der Waals surface area (Å²) in [6.07, 6.45) is 1.87. The van der Waals surface area contributed by atoms with Crippen LogP contribution >= 0.6 is 11.8 Å². The summed E-state index contributed by atoms with van der Waals surface area (Å²) in [5.74, 6) is -0.171. The highest BCUT2D eigenvalue weighted by Gasteiger charge is 2.24. The number of morpholine rings is 1. The number of nitrogens with one attached hydrogen (secondary N) is 1. The molecule has 144 valence electrons. The van der Waals surface area contributed by atoms with E-state index in [1.165, 1.54) is 23.9 Å². The van der Waals surface area contributed by atoms with E-state index in [-0.39, 0.29) is 10.8 Å². The molecular weight excluding hydrogens is 384 g/mol. The van der Waals surface area contributed by atoms with E-state index in [0.29, 0.717) is 37.6 Å². The third-order valence-electron chi connectivity index (χ3n) is 4.31. The number of aryl methyl sites for hydroxylation is 1. The number of rotatable bonds is 5. The van der Waals surface area contributed by atoms with Gasteiger partial charge in [-0.1, -0.05) is 17.7 Å². The highest BCUT2D eigenvalue weighted by Crippen LogP contribution is 2.26. The van der Waals surface area contributed by atoms with Gasteiger partial charge in [0.2, 0.25) is 0 Å². The second-order valence-electron chi connectivity index (χ2n) is 6.24. The van der Waals surface area contributed by atoms with Crippen molar-refractivity contribution in [2.45, 2.75) is 16.7 Å². The quantitative estimate of drug-likeness (QED) is 0.773. The van der Waals surface area contributed by atoms with Gasteiger partial charge in [0.1, 0.15) is 0 Å². The van der Waals surface area contributed by atoms with Gasteiger partial charge in [-0.3, -0.25) is 9.52 Å². The number of carbonyl (C=O) groups excluding carboxylic acids is 1. The van der Waals surface area contributed by atoms with Crippen LogP contribution in [-0.2, 0) is 14.8 Å². The molecule has 2 aromatic rings. The van der Waals surface area contributed by atoms with E-state index in [1.807, 2.05) is 25.3 Å². The molecule has 8 heteroatoms. The highest BCUT2D eigenvalue weighted by atomic mass is 32.2. The van der Waals surface area contributed by atoms with Crippen molar-refractivity contribution >= 4 is 33.4 Å². The molecule has 2 aromatic carbocycles. The predicted octanol–water partition coefficient (Wildman–Crippen LogP) is 2.99. The fourth-order valence-electron chi connectivity index (χ4n) is 2.79. The third-order valence-corrected chi connectivity index (χ3v) is 6.49. The molecule has 0 radical (unpaired) electrons. The van der Waals surface area contributed by atoms with Crippen molar-refractivity contribution in [3.8, 4) is 0 Å². The summed E-state index contributed by atoms with van der Waals surface area (Å²) in [5.41, 5.74) is 1.92. The van der Waals surface area contributed by atoms with Crippen LogP contribution in [0.3, 0.4) is 0 Å². The van der Waals surface area contributed by atoms with Gasteiger partial charge in [-0.2, -0.15) is 0 Å². The van der Waals surface area contributed by atoms with Gasteiger partial charge in [0.15, 0.2) is 0 Å². The molecule has 1 fully saturated rings. The molecule has 1 heterocycles. The third kappa shape index (κ3) is 4.63. The lowest BCUT2D eigenvalue weighted by Gasteiger charge is -2.27. The fourth-order valence-corrected chi connectivity index (χ4v) is 4.45. The lowest BCUT2D eigenvalue weighted by molar-refractivity contribution is 0.0300. The predicted molar refractivity (Wildman–Crippen MR) is 107 cm³/mol. The molecule has 0 saturated carbocycles. The van der Waals surface area contributed by atoms with Crippen LogP contribution in [0.15, 0.2) is 52.3 Å². The summed E-state index contributed by atoms with van der Waals surface area (Å²) >= 11 is 1.42. The fraction of sp³-hybridized carbons (Fsp3) is 0.316. The molecule has 27 heavy (non-hydrogen) atoms. The molecule has 0 aromatic heterocycles. The molecule has 0 atom stereocenters. The van der Waals surface area contributed by atoms with E-state index in [9.17, 15) is 13.2 Å². The Bertz CT molecular complexity index is 921. The molecule has 0 unspecified atom stereocenters. The Morgan fingerprint density at radius 3 is 2.41 bits per heavy atom. The minimum Gasteiger partial charge on any atom is -0.378 e. The summed E-state index contributed by atoms with van der Waals surface area (Å²) in [5, 5.41) is 0. The van der Waals surface area contributed by atoms with Crippen molar-refractivity contribution in [3.63, 3.8) is 0 Å². The SMILES string of the molecule is CSc1ccc(S(=O)(=O)Nc2ccc(C)cc2)cc1C(=O)N1CCOCC1. The Hall–Kier alpha value is -2.03. The van der Waals surface area contributed by atoms with Crippen molar-refractivity contribution < 1.29 is 17.9 Å². The number of carbonyl (C=O) groups is 1. The second kappa shape index (κ2) is 8.33. The molecule has 6 nitrogen and oxygen atoms in total. The number of hydrogen-bond acceptors (Lipinski definition) is 5. The maximum absolute atomic E-state index is 12.9. The van der Waals surface area contributed by atoms with Crippen molar-refractivity contribution in [1.82, 2.24) is 4.90 Å². The zero-order chi connectivity index (χ0) is 19.4. The van der Waals surface area contributed by atoms with Gasteiger partial charge in [0.05, 0.1) is 23.7 Å². The highest BCUT2D eigenvalue weighted by molar-refractivity contribution is 7.98. The molecule has 1 saturated heterocycles. The van der Waals surface area contributed by atoms with Crippen LogP contribution in [0.1, 0.15) is 15.9 Å². The number of amides is 1. The first-order valence-electron chi connectivity index (χ1n) is 8.55. The number of thioether (sulfide) groups is 1. The zero-order valence-electron chi connectivity index (χ0n) is 15.3. The Morgan fingerprint density at radius 2 is 1.78 bits per heavy atom. The van der Waals surface area contributed by atoms with Crippen LogP contribution < -0.4 is 4.72 Å². The normalized spacial score (nSPS) is 14.8. The summed E-state index contributed by atoms with van der Waals surface area (Å²) < 4.78 is 33.4. The number of sulfonamides is 1. The molecule has 1 aliphatic heterocycles.